The Bertz CT molecular complexity index is 2020. The number of ether oxygens (including phenoxy) is 2. The molecule has 5 atom stereocenters. The van der Waals surface area contributed by atoms with Crippen molar-refractivity contribution in [3.63, 3.8) is 0 Å². The second-order valence-electron chi connectivity index (χ2n) is 19.8. The second-order valence-corrected chi connectivity index (χ2v) is 19.8. The molecule has 0 unspecified atom stereocenters. The summed E-state index contributed by atoms with van der Waals surface area (Å²) in [4.78, 5) is 104. The van der Waals surface area contributed by atoms with Crippen LogP contribution in [0.3, 0.4) is 0 Å². The molecular formula is C50H80N10O10. The van der Waals surface area contributed by atoms with Crippen molar-refractivity contribution in [2.45, 2.75) is 175 Å². The molecule has 20 nitrogen and oxygen atoms in total. The summed E-state index contributed by atoms with van der Waals surface area (Å²) in [5.74, 6) is -4.55. The Kier molecular flexibility index (Phi) is 25.4. The minimum absolute atomic E-state index is 0.0135. The van der Waals surface area contributed by atoms with Crippen LogP contribution in [0.4, 0.5) is 9.59 Å². The van der Waals surface area contributed by atoms with Gasteiger partial charge in [-0.1, -0.05) is 63.6 Å². The summed E-state index contributed by atoms with van der Waals surface area (Å²) in [7, 11) is 0. The molecule has 0 saturated carbocycles. The SMILES string of the molecule is CCCCc1ccc(-c2ccc(C(=O)N[C@@H](CCCCNC(=O)OC(C)(C)C)C(=O)N[C@@H](CCCCNC(=O)OC(C)(C)C)C(=O)N[C@@H](N)C(=O)N[C@@H](CC(C)C)C(=O)N[C@@H](N)CC(N)=O)cc2)cc1. The molecule has 13 N–H and O–H groups in total. The molecule has 390 valence electrons. The molecule has 2 aromatic carbocycles. The lowest BCUT2D eigenvalue weighted by Gasteiger charge is -2.26. The first-order chi connectivity index (χ1) is 32.8. The second kappa shape index (κ2) is 29.7. The Hall–Kier alpha value is -6.28. The Balaban J connectivity index is 2.34. The number of hydrogen-bond acceptors (Lipinski definition) is 12. The van der Waals surface area contributed by atoms with E-state index in [0.29, 0.717) is 25.7 Å². The van der Waals surface area contributed by atoms with Crippen LogP contribution in [0.15, 0.2) is 48.5 Å². The molecule has 0 bridgehead atoms. The van der Waals surface area contributed by atoms with Gasteiger partial charge >= 0.3 is 12.2 Å². The molecular weight excluding hydrogens is 901 g/mol. The number of carbonyl (C=O) groups is 8. The van der Waals surface area contributed by atoms with Crippen LogP contribution in [0.5, 0.6) is 0 Å². The van der Waals surface area contributed by atoms with E-state index in [-0.39, 0.29) is 50.3 Å². The Labute approximate surface area is 413 Å². The Morgan fingerprint density at radius 1 is 0.571 bits per heavy atom. The molecule has 0 heterocycles. The number of aryl methyl sites for hydroxylation is 1. The predicted molar refractivity (Wildman–Crippen MR) is 267 cm³/mol. The smallest absolute Gasteiger partial charge is 0.407 e. The number of nitrogens with one attached hydrogen (secondary N) is 7. The van der Waals surface area contributed by atoms with Crippen molar-refractivity contribution in [3.8, 4) is 11.1 Å². The highest BCUT2D eigenvalue weighted by atomic mass is 16.6. The summed E-state index contributed by atoms with van der Waals surface area (Å²) in [5.41, 5.74) is 19.2. The van der Waals surface area contributed by atoms with E-state index in [1.165, 1.54) is 5.56 Å². The van der Waals surface area contributed by atoms with Crippen molar-refractivity contribution < 1.29 is 47.8 Å². The maximum Gasteiger partial charge on any atom is 0.407 e. The summed E-state index contributed by atoms with van der Waals surface area (Å²) in [6.45, 7) is 16.6. The minimum Gasteiger partial charge on any atom is -0.444 e. The normalized spacial score (nSPS) is 13.6. The number of hydrogen-bond donors (Lipinski definition) is 10. The molecule has 2 aromatic rings. The van der Waals surface area contributed by atoms with Crippen molar-refractivity contribution in [1.29, 1.82) is 0 Å². The van der Waals surface area contributed by atoms with Crippen molar-refractivity contribution in [2.24, 2.45) is 23.1 Å². The van der Waals surface area contributed by atoms with E-state index >= 15 is 0 Å². The number of nitrogens with two attached hydrogens (primary N) is 3. The molecule has 8 amide bonds. The standard InChI is InChI=1S/C50H80N10O10/c1-10-11-16-32-19-21-33(22-20-32)34-23-25-35(26-24-34)42(62)56-36(17-12-14-27-54-47(67)69-49(4,5)6)43(63)57-37(18-13-15-28-55-48(68)70-50(7,8)9)44(64)60-41(53)46(66)58-38(29-31(2)3)45(65)59-39(51)30-40(52)61/h19-26,31,36-39,41H,10-18,27-30,51,53H2,1-9H3,(H2,52,61)(H,54,67)(H,55,68)(H,56,62)(H,57,63)(H,58,66)(H,59,65)(H,60,64)/t36-,37-,38-,39+,41+/m0/s1. The minimum atomic E-state index is -1.70. The van der Waals surface area contributed by atoms with Crippen molar-refractivity contribution in [2.75, 3.05) is 13.1 Å². The molecule has 70 heavy (non-hydrogen) atoms. The zero-order valence-electron chi connectivity index (χ0n) is 42.6. The summed E-state index contributed by atoms with van der Waals surface area (Å²) in [6, 6.07) is 11.6. The monoisotopic (exact) mass is 981 g/mol. The number of alkyl carbamates (subject to hydrolysis) is 2. The largest absolute Gasteiger partial charge is 0.444 e. The van der Waals surface area contributed by atoms with E-state index < -0.39 is 89.3 Å². The lowest BCUT2D eigenvalue weighted by Crippen LogP contribution is -2.61. The first-order valence-corrected chi connectivity index (χ1v) is 24.2. The average molecular weight is 981 g/mol. The van der Waals surface area contributed by atoms with Crippen LogP contribution >= 0.6 is 0 Å². The number of amides is 8. The average Bonchev–Trinajstić information content (AvgIpc) is 3.25. The third-order valence-electron chi connectivity index (χ3n) is 10.4. The van der Waals surface area contributed by atoms with Crippen LogP contribution in [0.1, 0.15) is 142 Å². The summed E-state index contributed by atoms with van der Waals surface area (Å²) in [5, 5.41) is 18.3. The zero-order chi connectivity index (χ0) is 52.6. The van der Waals surface area contributed by atoms with Crippen LogP contribution in [0.25, 0.3) is 11.1 Å². The van der Waals surface area contributed by atoms with Crippen LogP contribution in [0, 0.1) is 5.92 Å². The fraction of sp³-hybridized carbons (Fsp3) is 0.600. The molecule has 0 aromatic heterocycles. The highest BCUT2D eigenvalue weighted by molar-refractivity contribution is 5.99. The van der Waals surface area contributed by atoms with Crippen molar-refractivity contribution >= 4 is 47.6 Å². The number of benzene rings is 2. The van der Waals surface area contributed by atoms with Gasteiger partial charge in [0.2, 0.25) is 23.6 Å². The van der Waals surface area contributed by atoms with Gasteiger partial charge in [0, 0.05) is 18.7 Å². The van der Waals surface area contributed by atoms with Crippen molar-refractivity contribution in [1.82, 2.24) is 37.2 Å². The molecule has 0 radical (unpaired) electrons. The zero-order valence-corrected chi connectivity index (χ0v) is 42.6. The van der Waals surface area contributed by atoms with Crippen molar-refractivity contribution in [3.05, 3.63) is 59.7 Å². The maximum atomic E-state index is 14.2. The van der Waals surface area contributed by atoms with Gasteiger partial charge in [0.05, 0.1) is 12.6 Å². The Morgan fingerprint density at radius 3 is 1.50 bits per heavy atom. The molecule has 0 aliphatic rings. The highest BCUT2D eigenvalue weighted by Crippen LogP contribution is 2.22. The van der Waals surface area contributed by atoms with E-state index in [1.54, 1.807) is 53.7 Å². The quantitative estimate of drug-likeness (QED) is 0.0429. The van der Waals surface area contributed by atoms with Crippen LogP contribution in [-0.2, 0) is 39.9 Å². The van der Waals surface area contributed by atoms with Crippen LogP contribution < -0.4 is 54.4 Å². The molecule has 0 aliphatic heterocycles. The van der Waals surface area contributed by atoms with Crippen LogP contribution in [0.2, 0.25) is 0 Å². The highest BCUT2D eigenvalue weighted by Gasteiger charge is 2.31. The fourth-order valence-electron chi connectivity index (χ4n) is 6.90. The van der Waals surface area contributed by atoms with Gasteiger partial charge in [-0.2, -0.15) is 0 Å². The molecule has 2 rings (SSSR count). The van der Waals surface area contributed by atoms with E-state index in [1.807, 2.05) is 38.1 Å². The maximum absolute atomic E-state index is 14.2. The first kappa shape index (κ1) is 59.8. The van der Waals surface area contributed by atoms with Gasteiger partial charge in [-0.25, -0.2) is 9.59 Å². The summed E-state index contributed by atoms with van der Waals surface area (Å²) < 4.78 is 10.6. The third-order valence-corrected chi connectivity index (χ3v) is 10.4. The third kappa shape index (κ3) is 24.8. The first-order valence-electron chi connectivity index (χ1n) is 24.2. The van der Waals surface area contributed by atoms with Gasteiger partial charge in [-0.05, 0) is 134 Å². The summed E-state index contributed by atoms with van der Waals surface area (Å²) >= 11 is 0. The molecule has 0 spiro atoms. The lowest BCUT2D eigenvalue weighted by molar-refractivity contribution is -0.134. The molecule has 0 fully saturated rings. The van der Waals surface area contributed by atoms with Gasteiger partial charge in [0.25, 0.3) is 11.8 Å². The lowest BCUT2D eigenvalue weighted by atomic mass is 10.0. The number of rotatable bonds is 28. The van der Waals surface area contributed by atoms with Gasteiger partial charge in [0.15, 0.2) is 6.17 Å². The van der Waals surface area contributed by atoms with E-state index in [4.69, 9.17) is 26.7 Å². The fourth-order valence-corrected chi connectivity index (χ4v) is 6.90. The predicted octanol–water partition coefficient (Wildman–Crippen LogP) is 3.88. The Morgan fingerprint density at radius 2 is 1.03 bits per heavy atom. The topological polar surface area (TPSA) is 317 Å². The number of primary amides is 1. The van der Waals surface area contributed by atoms with E-state index in [2.05, 4.69) is 56.3 Å². The van der Waals surface area contributed by atoms with Gasteiger partial charge in [-0.3, -0.25) is 28.8 Å². The summed E-state index contributed by atoms with van der Waals surface area (Å²) in [6.07, 6.45) is 0.510. The molecule has 20 heteroatoms. The molecule has 0 saturated heterocycles. The van der Waals surface area contributed by atoms with Gasteiger partial charge in [0.1, 0.15) is 29.3 Å². The van der Waals surface area contributed by atoms with Gasteiger partial charge < -0.3 is 63.9 Å². The van der Waals surface area contributed by atoms with Gasteiger partial charge in [-0.15, -0.1) is 0 Å². The van der Waals surface area contributed by atoms with Crippen LogP contribution in [-0.4, -0.2) is 102 Å². The van der Waals surface area contributed by atoms with E-state index in [0.717, 1.165) is 30.4 Å². The van der Waals surface area contributed by atoms with E-state index in [9.17, 15) is 38.4 Å². The number of carbonyl (C=O) groups excluding carboxylic acids is 8. The number of unbranched alkanes of at least 4 members (excludes halogenated alkanes) is 3. The molecule has 0 aliphatic carbocycles.